The number of hydrogen-bond donors (Lipinski definition) is 0. The molecule has 2 heteroatoms. The van der Waals surface area contributed by atoms with E-state index in [0.29, 0.717) is 0 Å². The van der Waals surface area contributed by atoms with E-state index >= 15 is 0 Å². The minimum Gasteiger partial charge on any atom is -0.417 e. The highest BCUT2D eigenvalue weighted by atomic mass is 28.2. The first-order valence-corrected chi connectivity index (χ1v) is 5.38. The van der Waals surface area contributed by atoms with Crippen molar-refractivity contribution < 1.29 is 4.43 Å². The second kappa shape index (κ2) is 9.18. The van der Waals surface area contributed by atoms with E-state index in [4.69, 9.17) is 4.43 Å². The first kappa shape index (κ1) is 10.2. The van der Waals surface area contributed by atoms with Crippen molar-refractivity contribution in [1.82, 2.24) is 0 Å². The molecule has 0 saturated heterocycles. The Labute approximate surface area is 67.1 Å². The van der Waals surface area contributed by atoms with Crippen molar-refractivity contribution in [1.29, 1.82) is 0 Å². The average Bonchev–Trinajstić information content (AvgIpc) is 1.97. The van der Waals surface area contributed by atoms with Crippen LogP contribution >= 0.6 is 0 Å². The molecule has 2 radical (unpaired) electrons. The summed E-state index contributed by atoms with van der Waals surface area (Å²) in [7, 11) is 0.744. The molecule has 60 valence electrons. The normalized spacial score (nSPS) is 10.2. The second-order valence-electron chi connectivity index (χ2n) is 2.45. The zero-order valence-corrected chi connectivity index (χ0v) is 8.15. The third kappa shape index (κ3) is 8.18. The molecule has 0 fully saturated rings. The summed E-state index contributed by atoms with van der Waals surface area (Å²) in [5, 5.41) is 0. The molecular formula is C8H18OSi. The summed E-state index contributed by atoms with van der Waals surface area (Å²) in [6, 6.07) is 1.24. The molecule has 10 heavy (non-hydrogen) atoms. The van der Waals surface area contributed by atoms with Gasteiger partial charge in [0.15, 0.2) is 0 Å². The van der Waals surface area contributed by atoms with Crippen molar-refractivity contribution in [2.75, 3.05) is 6.61 Å². The Balaban J connectivity index is 2.65. The van der Waals surface area contributed by atoms with Crippen LogP contribution in [0.25, 0.3) is 0 Å². The second-order valence-corrected chi connectivity index (χ2v) is 3.53. The van der Waals surface area contributed by atoms with Gasteiger partial charge < -0.3 is 4.43 Å². The van der Waals surface area contributed by atoms with Crippen molar-refractivity contribution in [3.63, 3.8) is 0 Å². The molecule has 0 bridgehead atoms. The van der Waals surface area contributed by atoms with Crippen LogP contribution in [0.1, 0.15) is 39.5 Å². The van der Waals surface area contributed by atoms with E-state index < -0.39 is 0 Å². The van der Waals surface area contributed by atoms with Gasteiger partial charge in [0.2, 0.25) is 9.76 Å². The maximum Gasteiger partial charge on any atom is 0.229 e. The summed E-state index contributed by atoms with van der Waals surface area (Å²) in [6.07, 6.45) is 5.11. The molecule has 0 aromatic carbocycles. The smallest absolute Gasteiger partial charge is 0.229 e. The van der Waals surface area contributed by atoms with Gasteiger partial charge in [-0.2, -0.15) is 0 Å². The van der Waals surface area contributed by atoms with Crippen LogP contribution in [0.15, 0.2) is 0 Å². The molecule has 0 amide bonds. The third-order valence-corrected chi connectivity index (χ3v) is 2.42. The molecule has 0 aliphatic heterocycles. The fourth-order valence-corrected chi connectivity index (χ4v) is 1.31. The van der Waals surface area contributed by atoms with E-state index in [1.54, 1.807) is 0 Å². The highest BCUT2D eigenvalue weighted by molar-refractivity contribution is 6.26. The minimum absolute atomic E-state index is 0.744. The Hall–Kier alpha value is 0.177. The summed E-state index contributed by atoms with van der Waals surface area (Å²) in [5.41, 5.74) is 0. The highest BCUT2D eigenvalue weighted by Gasteiger charge is 1.88. The first-order valence-electron chi connectivity index (χ1n) is 4.26. The van der Waals surface area contributed by atoms with Crippen LogP contribution < -0.4 is 0 Å². The molecule has 0 atom stereocenters. The Kier molecular flexibility index (Phi) is 9.34. The zero-order chi connectivity index (χ0) is 7.66. The Bertz CT molecular complexity index is 49.2. The topological polar surface area (TPSA) is 9.23 Å². The van der Waals surface area contributed by atoms with Crippen LogP contribution in [0.2, 0.25) is 6.04 Å². The number of rotatable bonds is 7. The van der Waals surface area contributed by atoms with Crippen molar-refractivity contribution in [2.24, 2.45) is 0 Å². The van der Waals surface area contributed by atoms with Crippen LogP contribution in [0, 0.1) is 0 Å². The van der Waals surface area contributed by atoms with E-state index in [1.165, 1.54) is 31.7 Å². The predicted molar refractivity (Wildman–Crippen MR) is 46.3 cm³/mol. The fourth-order valence-electron chi connectivity index (χ4n) is 0.671. The van der Waals surface area contributed by atoms with Gasteiger partial charge in [-0.3, -0.25) is 0 Å². The molecule has 0 aromatic rings. The number of hydrogen-bond acceptors (Lipinski definition) is 1. The molecule has 0 heterocycles. The molecular weight excluding hydrogens is 140 g/mol. The monoisotopic (exact) mass is 158 g/mol. The first-order chi connectivity index (χ1) is 4.91. The van der Waals surface area contributed by atoms with Crippen molar-refractivity contribution in [2.45, 2.75) is 45.6 Å². The molecule has 0 saturated carbocycles. The van der Waals surface area contributed by atoms with Crippen LogP contribution in [0.3, 0.4) is 0 Å². The molecule has 0 rings (SSSR count). The van der Waals surface area contributed by atoms with Crippen LogP contribution in [-0.2, 0) is 4.43 Å². The zero-order valence-electron chi connectivity index (χ0n) is 7.15. The summed E-state index contributed by atoms with van der Waals surface area (Å²) in [5.74, 6) is 0. The SMILES string of the molecule is CCCCCO[Si]CCC. The van der Waals surface area contributed by atoms with Crippen LogP contribution in [0.4, 0.5) is 0 Å². The molecule has 0 aliphatic carbocycles. The molecule has 0 unspecified atom stereocenters. The van der Waals surface area contributed by atoms with Crippen LogP contribution in [0.5, 0.6) is 0 Å². The lowest BCUT2D eigenvalue weighted by molar-refractivity contribution is 0.322. The lowest BCUT2D eigenvalue weighted by Crippen LogP contribution is -1.99. The van der Waals surface area contributed by atoms with Gasteiger partial charge >= 0.3 is 0 Å². The van der Waals surface area contributed by atoms with Crippen molar-refractivity contribution in [3.8, 4) is 0 Å². The lowest BCUT2D eigenvalue weighted by atomic mass is 10.3. The summed E-state index contributed by atoms with van der Waals surface area (Å²) in [6.45, 7) is 5.39. The maximum atomic E-state index is 5.40. The number of unbranched alkanes of at least 4 members (excludes halogenated alkanes) is 2. The standard InChI is InChI=1S/C8H18OSi/c1-3-5-6-7-9-10-8-4-2/h3-8H2,1-2H3. The van der Waals surface area contributed by atoms with Gasteiger partial charge in [0.1, 0.15) is 0 Å². The largest absolute Gasteiger partial charge is 0.417 e. The predicted octanol–water partition coefficient (Wildman–Crippen LogP) is 2.64. The Morgan fingerprint density at radius 1 is 1.10 bits per heavy atom. The maximum absolute atomic E-state index is 5.40. The molecule has 0 N–H and O–H groups in total. The van der Waals surface area contributed by atoms with Gasteiger partial charge in [-0.25, -0.2) is 0 Å². The Morgan fingerprint density at radius 2 is 1.90 bits per heavy atom. The van der Waals surface area contributed by atoms with Gasteiger partial charge in [-0.05, 0) is 12.5 Å². The fraction of sp³-hybridized carbons (Fsp3) is 1.00. The quantitative estimate of drug-likeness (QED) is 0.409. The van der Waals surface area contributed by atoms with E-state index in [0.717, 1.165) is 16.4 Å². The van der Waals surface area contributed by atoms with Crippen molar-refractivity contribution in [3.05, 3.63) is 0 Å². The minimum atomic E-state index is 0.744. The molecule has 1 nitrogen and oxygen atoms in total. The van der Waals surface area contributed by atoms with E-state index in [1.807, 2.05) is 0 Å². The summed E-state index contributed by atoms with van der Waals surface area (Å²) in [4.78, 5) is 0. The van der Waals surface area contributed by atoms with E-state index in [9.17, 15) is 0 Å². The lowest BCUT2D eigenvalue weighted by Gasteiger charge is -1.99. The van der Waals surface area contributed by atoms with E-state index in [-0.39, 0.29) is 0 Å². The van der Waals surface area contributed by atoms with E-state index in [2.05, 4.69) is 13.8 Å². The molecule has 0 aliphatic rings. The van der Waals surface area contributed by atoms with Gasteiger partial charge in [0.05, 0.1) is 0 Å². The molecule has 0 aromatic heterocycles. The van der Waals surface area contributed by atoms with Crippen molar-refractivity contribution >= 4 is 9.76 Å². The highest BCUT2D eigenvalue weighted by Crippen LogP contribution is 1.94. The van der Waals surface area contributed by atoms with Gasteiger partial charge in [0, 0.05) is 6.61 Å². The Morgan fingerprint density at radius 3 is 2.50 bits per heavy atom. The summed E-state index contributed by atoms with van der Waals surface area (Å²) < 4.78 is 5.40. The summed E-state index contributed by atoms with van der Waals surface area (Å²) >= 11 is 0. The third-order valence-electron chi connectivity index (χ3n) is 1.30. The van der Waals surface area contributed by atoms with Crippen LogP contribution in [-0.4, -0.2) is 16.4 Å². The van der Waals surface area contributed by atoms with Gasteiger partial charge in [-0.15, -0.1) is 0 Å². The van der Waals surface area contributed by atoms with Gasteiger partial charge in [-0.1, -0.05) is 33.1 Å². The average molecular weight is 158 g/mol. The molecule has 0 spiro atoms. The van der Waals surface area contributed by atoms with Gasteiger partial charge in [0.25, 0.3) is 0 Å².